The number of fused-ring (bicyclic) bond motifs is 1. The number of piperidine rings is 1. The average Bonchev–Trinajstić information content (AvgIpc) is 3.36. The molecule has 0 radical (unpaired) electrons. The summed E-state index contributed by atoms with van der Waals surface area (Å²) in [6.45, 7) is 2.67. The first-order valence-corrected chi connectivity index (χ1v) is 11.0. The number of aliphatic hydroxyl groups is 1. The zero-order valence-electron chi connectivity index (χ0n) is 15.5. The zero-order chi connectivity index (χ0) is 16.8. The monoisotopic (exact) mass is 342 g/mol. The fourth-order valence-electron chi connectivity index (χ4n) is 8.79. The first kappa shape index (κ1) is 15.5. The maximum absolute atomic E-state index is 10.4. The lowest BCUT2D eigenvalue weighted by Gasteiger charge is -2.70. The number of likely N-dealkylation sites (tertiary alicyclic amines) is 1. The Morgan fingerprint density at radius 3 is 2.80 bits per heavy atom. The second-order valence-corrected chi connectivity index (χ2v) is 10.5. The fraction of sp³-hybridized carbons (Fsp3) is 0.909. The third kappa shape index (κ3) is 1.85. The van der Waals surface area contributed by atoms with Gasteiger partial charge >= 0.3 is 0 Å². The van der Waals surface area contributed by atoms with Crippen LogP contribution in [0.1, 0.15) is 64.2 Å². The number of nitrogens with two attached hydrogens (primary N) is 1. The van der Waals surface area contributed by atoms with E-state index < -0.39 is 0 Å². The van der Waals surface area contributed by atoms with E-state index in [1.54, 1.807) is 0 Å². The minimum atomic E-state index is 0.405. The molecule has 5 fully saturated rings. The van der Waals surface area contributed by atoms with Gasteiger partial charge < -0.3 is 10.8 Å². The topological polar surface area (TPSA) is 49.5 Å². The smallest absolute Gasteiger partial charge is 0.0886 e. The second kappa shape index (κ2) is 5.04. The van der Waals surface area contributed by atoms with Crippen molar-refractivity contribution in [2.75, 3.05) is 13.1 Å². The molecule has 0 aromatic carbocycles. The van der Waals surface area contributed by atoms with Crippen molar-refractivity contribution in [3.63, 3.8) is 0 Å². The maximum Gasteiger partial charge on any atom is 0.0886 e. The standard InChI is InChI=1S/C22H34N2O/c23-19-6-8-21-7-5-17(19)22(21)9-10-24(13-14-1-2-14)20(21)11-15-3-4-16(25)12-18(15)22/h12,14-15,17-20,25H,1-11,13,23H2. The third-order valence-corrected chi connectivity index (χ3v) is 9.78. The van der Waals surface area contributed by atoms with Crippen LogP contribution in [0.5, 0.6) is 0 Å². The Morgan fingerprint density at radius 2 is 1.96 bits per heavy atom. The van der Waals surface area contributed by atoms with Gasteiger partial charge in [0, 0.05) is 25.0 Å². The Labute approximate surface area is 152 Å². The van der Waals surface area contributed by atoms with Crippen LogP contribution in [0.4, 0.5) is 0 Å². The number of hydrogen-bond acceptors (Lipinski definition) is 3. The Hall–Kier alpha value is -0.540. The molecule has 0 spiro atoms. The third-order valence-electron chi connectivity index (χ3n) is 9.78. The fourth-order valence-corrected chi connectivity index (χ4v) is 8.79. The van der Waals surface area contributed by atoms with E-state index in [2.05, 4.69) is 11.0 Å². The Bertz CT molecular complexity index is 613. The predicted octanol–water partition coefficient (Wildman–Crippen LogP) is 3.85. The van der Waals surface area contributed by atoms with E-state index in [1.165, 1.54) is 70.9 Å². The van der Waals surface area contributed by atoms with E-state index in [4.69, 9.17) is 5.73 Å². The highest BCUT2D eigenvalue weighted by Gasteiger charge is 2.73. The molecule has 3 heteroatoms. The summed E-state index contributed by atoms with van der Waals surface area (Å²) < 4.78 is 0. The molecule has 4 bridgehead atoms. The summed E-state index contributed by atoms with van der Waals surface area (Å²) in [4.78, 5) is 2.95. The summed E-state index contributed by atoms with van der Waals surface area (Å²) in [5, 5.41) is 10.4. The number of aliphatic hydroxyl groups excluding tert-OH is 1. The number of allylic oxidation sites excluding steroid dienone is 2. The summed E-state index contributed by atoms with van der Waals surface area (Å²) >= 11 is 0. The summed E-state index contributed by atoms with van der Waals surface area (Å²) in [5.41, 5.74) is 7.65. The van der Waals surface area contributed by atoms with Crippen LogP contribution in [0.15, 0.2) is 11.8 Å². The van der Waals surface area contributed by atoms with Crippen LogP contribution in [-0.2, 0) is 0 Å². The lowest BCUT2D eigenvalue weighted by atomic mass is 9.39. The molecule has 1 heterocycles. The van der Waals surface area contributed by atoms with Crippen LogP contribution < -0.4 is 5.73 Å². The van der Waals surface area contributed by atoms with E-state index in [1.807, 2.05) is 0 Å². The number of hydrogen-bond donors (Lipinski definition) is 2. The van der Waals surface area contributed by atoms with Crippen molar-refractivity contribution >= 4 is 0 Å². The Kier molecular flexibility index (Phi) is 3.13. The largest absolute Gasteiger partial charge is 0.513 e. The Morgan fingerprint density at radius 1 is 1.12 bits per heavy atom. The molecule has 4 saturated carbocycles. The molecule has 3 nitrogen and oxygen atoms in total. The first-order chi connectivity index (χ1) is 12.1. The van der Waals surface area contributed by atoms with Crippen LogP contribution in [0.3, 0.4) is 0 Å². The predicted molar refractivity (Wildman–Crippen MR) is 99.0 cm³/mol. The molecule has 1 saturated heterocycles. The van der Waals surface area contributed by atoms with E-state index in [-0.39, 0.29) is 0 Å². The average molecular weight is 343 g/mol. The van der Waals surface area contributed by atoms with Gasteiger partial charge in [-0.05, 0) is 105 Å². The van der Waals surface area contributed by atoms with E-state index in [0.29, 0.717) is 34.5 Å². The molecule has 138 valence electrons. The molecule has 6 aliphatic rings. The molecule has 5 aliphatic carbocycles. The molecule has 0 aromatic rings. The van der Waals surface area contributed by atoms with Gasteiger partial charge in [-0.3, -0.25) is 4.90 Å². The van der Waals surface area contributed by atoms with Gasteiger partial charge in [0.05, 0.1) is 5.76 Å². The van der Waals surface area contributed by atoms with Gasteiger partial charge in [-0.1, -0.05) is 0 Å². The highest BCUT2D eigenvalue weighted by atomic mass is 16.3. The van der Waals surface area contributed by atoms with Gasteiger partial charge in [-0.15, -0.1) is 0 Å². The molecule has 3 N–H and O–H groups in total. The maximum atomic E-state index is 10.4. The molecular formula is C22H34N2O. The second-order valence-electron chi connectivity index (χ2n) is 10.5. The summed E-state index contributed by atoms with van der Waals surface area (Å²) in [6.07, 6.45) is 15.5. The van der Waals surface area contributed by atoms with Gasteiger partial charge in [0.2, 0.25) is 0 Å². The van der Waals surface area contributed by atoms with Gasteiger partial charge in [0.15, 0.2) is 0 Å². The summed E-state index contributed by atoms with van der Waals surface area (Å²) in [5.74, 6) is 3.80. The lowest BCUT2D eigenvalue weighted by Crippen LogP contribution is -2.71. The quantitative estimate of drug-likeness (QED) is 0.801. The zero-order valence-corrected chi connectivity index (χ0v) is 15.5. The van der Waals surface area contributed by atoms with Crippen molar-refractivity contribution in [1.29, 1.82) is 0 Å². The minimum absolute atomic E-state index is 0.405. The van der Waals surface area contributed by atoms with E-state index >= 15 is 0 Å². The number of rotatable bonds is 2. The SMILES string of the molecule is NC1CCC23CCC1C21CCN(CC2CC2)C3CC2CCC(O)=CC21. The van der Waals surface area contributed by atoms with Crippen molar-refractivity contribution in [3.8, 4) is 0 Å². The molecule has 0 aromatic heterocycles. The molecule has 0 amide bonds. The highest BCUT2D eigenvalue weighted by Crippen LogP contribution is 2.76. The van der Waals surface area contributed by atoms with Crippen LogP contribution in [0.25, 0.3) is 0 Å². The Balaban J connectivity index is 1.48. The normalized spacial score (nSPS) is 54.6. The van der Waals surface area contributed by atoms with Crippen molar-refractivity contribution < 1.29 is 5.11 Å². The van der Waals surface area contributed by atoms with Crippen molar-refractivity contribution in [2.24, 2.45) is 40.2 Å². The van der Waals surface area contributed by atoms with Crippen molar-refractivity contribution in [1.82, 2.24) is 4.90 Å². The van der Waals surface area contributed by atoms with Gasteiger partial charge in [0.25, 0.3) is 0 Å². The molecule has 6 rings (SSSR count). The van der Waals surface area contributed by atoms with Crippen LogP contribution in [-0.4, -0.2) is 35.2 Å². The van der Waals surface area contributed by atoms with Crippen LogP contribution in [0.2, 0.25) is 0 Å². The first-order valence-electron chi connectivity index (χ1n) is 11.0. The van der Waals surface area contributed by atoms with E-state index in [9.17, 15) is 5.11 Å². The summed E-state index contributed by atoms with van der Waals surface area (Å²) in [6, 6.07) is 1.22. The van der Waals surface area contributed by atoms with Gasteiger partial charge in [-0.25, -0.2) is 0 Å². The van der Waals surface area contributed by atoms with Gasteiger partial charge in [-0.2, -0.15) is 0 Å². The molecule has 25 heavy (non-hydrogen) atoms. The molecule has 7 unspecified atom stereocenters. The van der Waals surface area contributed by atoms with E-state index in [0.717, 1.165) is 24.3 Å². The van der Waals surface area contributed by atoms with Crippen molar-refractivity contribution in [2.45, 2.75) is 76.3 Å². The minimum Gasteiger partial charge on any atom is -0.513 e. The summed E-state index contributed by atoms with van der Waals surface area (Å²) in [7, 11) is 0. The molecule has 7 atom stereocenters. The van der Waals surface area contributed by atoms with Gasteiger partial charge in [0.1, 0.15) is 0 Å². The highest BCUT2D eigenvalue weighted by molar-refractivity contribution is 5.28. The number of nitrogens with zero attached hydrogens (tertiary/aromatic N) is 1. The van der Waals surface area contributed by atoms with Crippen LogP contribution in [0, 0.1) is 34.5 Å². The molecular weight excluding hydrogens is 308 g/mol. The molecule has 1 aliphatic heterocycles. The van der Waals surface area contributed by atoms with Crippen LogP contribution >= 0.6 is 0 Å². The van der Waals surface area contributed by atoms with Crippen molar-refractivity contribution in [3.05, 3.63) is 11.8 Å². The lowest BCUT2D eigenvalue weighted by molar-refractivity contribution is -0.199.